The van der Waals surface area contributed by atoms with Crippen LogP contribution in [0.15, 0.2) is 18.2 Å². The average molecular weight is 285 g/mol. The summed E-state index contributed by atoms with van der Waals surface area (Å²) in [6.45, 7) is 8.03. The van der Waals surface area contributed by atoms with Crippen molar-refractivity contribution in [1.82, 2.24) is 5.32 Å². The largest absolute Gasteiger partial charge is 0.383 e. The number of rotatable bonds is 7. The van der Waals surface area contributed by atoms with E-state index >= 15 is 0 Å². The summed E-state index contributed by atoms with van der Waals surface area (Å²) in [5.74, 6) is 0. The molecule has 108 valence electrons. The third-order valence-corrected chi connectivity index (χ3v) is 3.70. The summed E-state index contributed by atoms with van der Waals surface area (Å²) in [6.07, 6.45) is 0. The molecule has 0 aromatic heterocycles. The Morgan fingerprint density at radius 2 is 2.00 bits per heavy atom. The molecular weight excluding hydrogens is 260 g/mol. The van der Waals surface area contributed by atoms with E-state index < -0.39 is 0 Å². The minimum atomic E-state index is 0.257. The number of ether oxygens (including phenoxy) is 1. The van der Waals surface area contributed by atoms with Crippen molar-refractivity contribution >= 4 is 17.3 Å². The molecule has 1 N–H and O–H groups in total. The standard InChI is InChI=1S/C15H25ClN2O/c1-11(2)18(8-9-19-5)13-6-7-14(12(3)17-4)15(16)10-13/h6-7,10-12,17H,8-9H2,1-5H3. The molecule has 0 aliphatic rings. The number of anilines is 1. The molecule has 0 heterocycles. The number of nitrogens with one attached hydrogen (secondary N) is 1. The van der Waals surface area contributed by atoms with Crippen LogP contribution >= 0.6 is 11.6 Å². The molecule has 1 atom stereocenters. The Labute approximate surface area is 121 Å². The van der Waals surface area contributed by atoms with Crippen molar-refractivity contribution in [3.63, 3.8) is 0 Å². The number of hydrogen-bond acceptors (Lipinski definition) is 3. The lowest BCUT2D eigenvalue weighted by Gasteiger charge is -2.29. The molecule has 3 nitrogen and oxygen atoms in total. The second kappa shape index (κ2) is 7.73. The molecule has 0 bridgehead atoms. The van der Waals surface area contributed by atoms with E-state index in [0.29, 0.717) is 12.6 Å². The van der Waals surface area contributed by atoms with Crippen LogP contribution in [0.25, 0.3) is 0 Å². The van der Waals surface area contributed by atoms with Gasteiger partial charge in [0, 0.05) is 36.4 Å². The minimum absolute atomic E-state index is 0.257. The van der Waals surface area contributed by atoms with Gasteiger partial charge in [-0.15, -0.1) is 0 Å². The highest BCUT2D eigenvalue weighted by Gasteiger charge is 2.14. The van der Waals surface area contributed by atoms with E-state index in [1.807, 2.05) is 13.1 Å². The van der Waals surface area contributed by atoms with Crippen LogP contribution in [0.5, 0.6) is 0 Å². The van der Waals surface area contributed by atoms with E-state index in [0.717, 1.165) is 22.8 Å². The molecule has 1 aromatic rings. The molecule has 1 rings (SSSR count). The van der Waals surface area contributed by atoms with Gasteiger partial charge in [0.15, 0.2) is 0 Å². The molecule has 4 heteroatoms. The maximum atomic E-state index is 6.39. The van der Waals surface area contributed by atoms with Crippen molar-refractivity contribution in [3.8, 4) is 0 Å². The van der Waals surface area contributed by atoms with Crippen molar-refractivity contribution in [3.05, 3.63) is 28.8 Å². The van der Waals surface area contributed by atoms with Crippen LogP contribution < -0.4 is 10.2 Å². The fourth-order valence-electron chi connectivity index (χ4n) is 2.08. The van der Waals surface area contributed by atoms with Gasteiger partial charge < -0.3 is 15.0 Å². The summed E-state index contributed by atoms with van der Waals surface area (Å²) < 4.78 is 5.17. The Morgan fingerprint density at radius 1 is 1.32 bits per heavy atom. The first-order valence-electron chi connectivity index (χ1n) is 6.73. The van der Waals surface area contributed by atoms with Gasteiger partial charge in [0.05, 0.1) is 6.61 Å². The predicted molar refractivity (Wildman–Crippen MR) is 83.3 cm³/mol. The topological polar surface area (TPSA) is 24.5 Å². The average Bonchev–Trinajstić information content (AvgIpc) is 2.38. The van der Waals surface area contributed by atoms with E-state index in [9.17, 15) is 0 Å². The van der Waals surface area contributed by atoms with Crippen molar-refractivity contribution in [1.29, 1.82) is 0 Å². The molecule has 0 spiro atoms. The smallest absolute Gasteiger partial charge is 0.0637 e. The van der Waals surface area contributed by atoms with Crippen molar-refractivity contribution in [2.45, 2.75) is 32.9 Å². The zero-order valence-electron chi connectivity index (χ0n) is 12.5. The molecule has 1 unspecified atom stereocenters. The van der Waals surface area contributed by atoms with Gasteiger partial charge in [-0.1, -0.05) is 17.7 Å². The maximum absolute atomic E-state index is 6.39. The lowest BCUT2D eigenvalue weighted by atomic mass is 10.1. The lowest BCUT2D eigenvalue weighted by Crippen LogP contribution is -2.33. The fraction of sp³-hybridized carbons (Fsp3) is 0.600. The first-order chi connectivity index (χ1) is 9.01. The molecule has 0 radical (unpaired) electrons. The summed E-state index contributed by atoms with van der Waals surface area (Å²) in [4.78, 5) is 2.29. The number of methoxy groups -OCH3 is 1. The van der Waals surface area contributed by atoms with Crippen LogP contribution in [0.2, 0.25) is 5.02 Å². The predicted octanol–water partition coefficient (Wildman–Crippen LogP) is 3.48. The Kier molecular flexibility index (Phi) is 6.63. The highest BCUT2D eigenvalue weighted by molar-refractivity contribution is 6.31. The Balaban J connectivity index is 2.96. The second-order valence-electron chi connectivity index (χ2n) is 5.00. The van der Waals surface area contributed by atoms with Gasteiger partial charge in [0.25, 0.3) is 0 Å². The molecule has 0 aliphatic heterocycles. The third-order valence-electron chi connectivity index (χ3n) is 3.37. The highest BCUT2D eigenvalue weighted by atomic mass is 35.5. The van der Waals surface area contributed by atoms with Gasteiger partial charge in [-0.3, -0.25) is 0 Å². The zero-order valence-corrected chi connectivity index (χ0v) is 13.3. The number of halogens is 1. The second-order valence-corrected chi connectivity index (χ2v) is 5.40. The summed E-state index contributed by atoms with van der Waals surface area (Å²) in [6, 6.07) is 6.94. The molecule has 0 saturated carbocycles. The normalized spacial score (nSPS) is 12.8. The minimum Gasteiger partial charge on any atom is -0.383 e. The maximum Gasteiger partial charge on any atom is 0.0637 e. The van der Waals surface area contributed by atoms with E-state index in [-0.39, 0.29) is 6.04 Å². The Hall–Kier alpha value is -0.770. The van der Waals surface area contributed by atoms with E-state index in [1.165, 1.54) is 0 Å². The van der Waals surface area contributed by atoms with Crippen molar-refractivity contribution < 1.29 is 4.74 Å². The molecule has 1 aromatic carbocycles. The lowest BCUT2D eigenvalue weighted by molar-refractivity contribution is 0.204. The summed E-state index contributed by atoms with van der Waals surface area (Å²) in [7, 11) is 3.66. The molecule has 0 saturated heterocycles. The molecular formula is C15H25ClN2O. The van der Waals surface area contributed by atoms with Gasteiger partial charge in [-0.2, -0.15) is 0 Å². The van der Waals surface area contributed by atoms with Gasteiger partial charge in [-0.05, 0) is 45.5 Å². The zero-order chi connectivity index (χ0) is 14.4. The van der Waals surface area contributed by atoms with Gasteiger partial charge in [-0.25, -0.2) is 0 Å². The van der Waals surface area contributed by atoms with E-state index in [1.54, 1.807) is 7.11 Å². The highest BCUT2D eigenvalue weighted by Crippen LogP contribution is 2.28. The monoisotopic (exact) mass is 284 g/mol. The number of hydrogen-bond donors (Lipinski definition) is 1. The quantitative estimate of drug-likeness (QED) is 0.830. The SMILES string of the molecule is CNC(C)c1ccc(N(CCOC)C(C)C)cc1Cl. The fourth-order valence-corrected chi connectivity index (χ4v) is 2.41. The summed E-state index contributed by atoms with van der Waals surface area (Å²) >= 11 is 6.39. The molecule has 0 aliphatic carbocycles. The van der Waals surface area contributed by atoms with Crippen molar-refractivity contribution in [2.75, 3.05) is 32.2 Å². The summed E-state index contributed by atoms with van der Waals surface area (Å²) in [5, 5.41) is 4.02. The third kappa shape index (κ3) is 4.37. The number of nitrogens with zero attached hydrogens (tertiary/aromatic N) is 1. The number of benzene rings is 1. The van der Waals surface area contributed by atoms with Gasteiger partial charge in [0.2, 0.25) is 0 Å². The van der Waals surface area contributed by atoms with Gasteiger partial charge in [0.1, 0.15) is 0 Å². The van der Waals surface area contributed by atoms with Crippen LogP contribution in [0.3, 0.4) is 0 Å². The van der Waals surface area contributed by atoms with E-state index in [4.69, 9.17) is 16.3 Å². The van der Waals surface area contributed by atoms with Crippen LogP contribution in [0, 0.1) is 0 Å². The van der Waals surface area contributed by atoms with Crippen LogP contribution in [0.4, 0.5) is 5.69 Å². The Bertz CT molecular complexity index is 396. The molecule has 19 heavy (non-hydrogen) atoms. The molecule has 0 amide bonds. The van der Waals surface area contributed by atoms with Crippen LogP contribution in [0.1, 0.15) is 32.4 Å². The van der Waals surface area contributed by atoms with E-state index in [2.05, 4.69) is 43.1 Å². The van der Waals surface area contributed by atoms with Crippen LogP contribution in [-0.2, 0) is 4.74 Å². The first kappa shape index (κ1) is 16.3. The Morgan fingerprint density at radius 3 is 2.47 bits per heavy atom. The van der Waals surface area contributed by atoms with Crippen LogP contribution in [-0.4, -0.2) is 33.4 Å². The molecule has 0 fully saturated rings. The van der Waals surface area contributed by atoms with Crippen molar-refractivity contribution in [2.24, 2.45) is 0 Å². The van der Waals surface area contributed by atoms with Gasteiger partial charge >= 0.3 is 0 Å². The summed E-state index contributed by atoms with van der Waals surface area (Å²) in [5.41, 5.74) is 2.27. The first-order valence-corrected chi connectivity index (χ1v) is 7.11.